The molecule has 0 bridgehead atoms. The minimum Gasteiger partial charge on any atom is -0.504 e. The number of aliphatic hydroxyl groups excluding tert-OH is 1. The van der Waals surface area contributed by atoms with Gasteiger partial charge in [-0.15, -0.1) is 0 Å². The normalized spacial score (nSPS) is 22.2. The Balaban J connectivity index is 1.07. The summed E-state index contributed by atoms with van der Waals surface area (Å²) in [6.07, 6.45) is 17.3. The number of hydrogen-bond donors (Lipinski definition) is 5. The smallest absolute Gasteiger partial charge is 0.165 e. The number of carbonyl (C=O) groups excluding carboxylic acids is 1. The van der Waals surface area contributed by atoms with Crippen LogP contribution in [0.25, 0.3) is 16.5 Å². The van der Waals surface area contributed by atoms with Gasteiger partial charge in [0.25, 0.3) is 0 Å². The molecule has 1 fully saturated rings. The molecule has 2 aliphatic carbocycles. The first-order valence-electron chi connectivity index (χ1n) is 17.0. The first-order valence-corrected chi connectivity index (χ1v) is 17.0. The molecule has 1 saturated carbocycles. The number of H-pyrrole nitrogens is 1. The van der Waals surface area contributed by atoms with Crippen LogP contribution in [0.5, 0.6) is 11.5 Å². The van der Waals surface area contributed by atoms with E-state index in [0.717, 1.165) is 43.2 Å². The second-order valence-corrected chi connectivity index (χ2v) is 13.6. The molecule has 4 atom stereocenters. The number of aromatic hydroxyl groups is 1. The third-order valence-electron chi connectivity index (χ3n) is 10.7. The number of allylic oxidation sites excluding steroid dienone is 1. The number of benzene rings is 2. The molecule has 3 heterocycles. The second kappa shape index (κ2) is 12.6. The van der Waals surface area contributed by atoms with Gasteiger partial charge in [-0.25, -0.2) is 0 Å². The molecule has 46 heavy (non-hydrogen) atoms. The van der Waals surface area contributed by atoms with Crippen LogP contribution in [0.2, 0.25) is 0 Å². The van der Waals surface area contributed by atoms with Crippen LogP contribution in [-0.2, 0) is 23.4 Å². The Labute approximate surface area is 270 Å². The maximum absolute atomic E-state index is 12.5. The van der Waals surface area contributed by atoms with E-state index in [1.165, 1.54) is 46.1 Å². The number of nitrogens with one attached hydrogen (secondary N) is 2. The predicted octanol–water partition coefficient (Wildman–Crippen LogP) is 6.94. The van der Waals surface area contributed by atoms with Crippen molar-refractivity contribution in [1.29, 1.82) is 0 Å². The largest absolute Gasteiger partial charge is 0.504 e. The molecule has 3 aliphatic rings. The Morgan fingerprint density at radius 3 is 2.96 bits per heavy atom. The van der Waals surface area contributed by atoms with Crippen LogP contribution in [0.4, 0.5) is 0 Å². The number of aryl methyl sites for hydroxylation is 1. The highest BCUT2D eigenvalue weighted by atomic mass is 16.5. The minimum atomic E-state index is -0.564. The van der Waals surface area contributed by atoms with E-state index >= 15 is 0 Å². The predicted molar refractivity (Wildman–Crippen MR) is 180 cm³/mol. The number of carbonyl (C=O) groups is 1. The summed E-state index contributed by atoms with van der Waals surface area (Å²) < 4.78 is 8.15. The zero-order valence-electron chi connectivity index (χ0n) is 26.7. The van der Waals surface area contributed by atoms with Gasteiger partial charge in [0.05, 0.1) is 11.6 Å². The lowest BCUT2D eigenvalue weighted by molar-refractivity contribution is -0.121. The highest BCUT2D eigenvalue weighted by Gasteiger charge is 2.51. The summed E-state index contributed by atoms with van der Waals surface area (Å²) >= 11 is 0. The van der Waals surface area contributed by atoms with Gasteiger partial charge in [0.15, 0.2) is 18.2 Å². The molecule has 2 aromatic carbocycles. The van der Waals surface area contributed by atoms with Crippen LogP contribution in [-0.4, -0.2) is 31.7 Å². The van der Waals surface area contributed by atoms with Gasteiger partial charge in [-0.1, -0.05) is 56.9 Å². The summed E-state index contributed by atoms with van der Waals surface area (Å²) in [5.41, 5.74) is 15.0. The Hall–Kier alpha value is -4.01. The number of aliphatic hydroxyl groups is 1. The zero-order valence-corrected chi connectivity index (χ0v) is 26.7. The average Bonchev–Trinajstić information content (AvgIpc) is 3.77. The van der Waals surface area contributed by atoms with Crippen molar-refractivity contribution in [2.45, 2.75) is 102 Å². The number of rotatable bonds is 13. The SMILES string of the molecule is CCCCC[C@@H](O)CC(=O)CCc1ccc(O)c(OCn2cc3[nH]cc([C@@]45CCC[C@@H]4CC4=CN[C@H](N)c6cccc5c64)c3c2)c1. The molecule has 4 aromatic rings. The molecule has 8 nitrogen and oxygen atoms in total. The Bertz CT molecular complexity index is 1770. The van der Waals surface area contributed by atoms with Crippen molar-refractivity contribution in [2.75, 3.05) is 0 Å². The van der Waals surface area contributed by atoms with Crippen molar-refractivity contribution in [3.63, 3.8) is 0 Å². The Morgan fingerprint density at radius 2 is 2.09 bits per heavy atom. The van der Waals surface area contributed by atoms with Crippen molar-refractivity contribution in [3.8, 4) is 11.5 Å². The van der Waals surface area contributed by atoms with E-state index in [2.05, 4.69) is 60.2 Å². The highest BCUT2D eigenvalue weighted by Crippen LogP contribution is 2.60. The van der Waals surface area contributed by atoms with Gasteiger partial charge < -0.3 is 35.6 Å². The number of ketones is 1. The molecular formula is C38H46N4O4. The number of hydrogen-bond acceptors (Lipinski definition) is 6. The molecule has 0 radical (unpaired) electrons. The fraction of sp³-hybridized carbons (Fsp3) is 0.447. The van der Waals surface area contributed by atoms with Gasteiger partial charge in [-0.2, -0.15) is 0 Å². The lowest BCUT2D eigenvalue weighted by Gasteiger charge is -2.45. The number of nitrogens with zero attached hydrogens (tertiary/aromatic N) is 1. The van der Waals surface area contributed by atoms with Gasteiger partial charge in [-0.05, 0) is 83.5 Å². The zero-order chi connectivity index (χ0) is 31.8. The number of phenols is 1. The van der Waals surface area contributed by atoms with Crippen molar-refractivity contribution in [1.82, 2.24) is 14.9 Å². The summed E-state index contributed by atoms with van der Waals surface area (Å²) in [4.78, 5) is 16.0. The summed E-state index contributed by atoms with van der Waals surface area (Å²) in [6.45, 7) is 2.37. The monoisotopic (exact) mass is 622 g/mol. The molecule has 8 heteroatoms. The molecule has 0 saturated heterocycles. The molecule has 0 amide bonds. The molecular weight excluding hydrogens is 576 g/mol. The quantitative estimate of drug-likeness (QED) is 0.103. The fourth-order valence-corrected chi connectivity index (χ4v) is 8.41. The van der Waals surface area contributed by atoms with Gasteiger partial charge in [0.1, 0.15) is 11.9 Å². The Morgan fingerprint density at radius 1 is 1.20 bits per heavy atom. The van der Waals surface area contributed by atoms with Crippen LogP contribution in [0.3, 0.4) is 0 Å². The summed E-state index contributed by atoms with van der Waals surface area (Å²) in [6, 6.07) is 11.9. The van der Waals surface area contributed by atoms with E-state index < -0.39 is 6.10 Å². The van der Waals surface area contributed by atoms with Crippen molar-refractivity contribution < 1.29 is 19.7 Å². The fourth-order valence-electron chi connectivity index (χ4n) is 8.41. The third kappa shape index (κ3) is 5.52. The van der Waals surface area contributed by atoms with Gasteiger partial charge in [0.2, 0.25) is 0 Å². The van der Waals surface area contributed by atoms with Gasteiger partial charge >= 0.3 is 0 Å². The van der Waals surface area contributed by atoms with Crippen LogP contribution >= 0.6 is 0 Å². The topological polar surface area (TPSA) is 126 Å². The van der Waals surface area contributed by atoms with Crippen molar-refractivity contribution >= 4 is 22.3 Å². The molecule has 0 spiro atoms. The number of nitrogens with two attached hydrogens (primary N) is 1. The maximum atomic E-state index is 12.5. The summed E-state index contributed by atoms with van der Waals surface area (Å²) in [5.74, 6) is 1.04. The van der Waals surface area contributed by atoms with Gasteiger partial charge in [0, 0.05) is 48.4 Å². The lowest BCUT2D eigenvalue weighted by atomic mass is 9.59. The van der Waals surface area contributed by atoms with E-state index in [4.69, 9.17) is 10.5 Å². The minimum absolute atomic E-state index is 0.0578. The van der Waals surface area contributed by atoms with Gasteiger partial charge in [-0.3, -0.25) is 4.79 Å². The third-order valence-corrected chi connectivity index (χ3v) is 10.7. The second-order valence-electron chi connectivity index (χ2n) is 13.6. The van der Waals surface area contributed by atoms with Crippen LogP contribution in [0, 0.1) is 5.92 Å². The van der Waals surface area contributed by atoms with E-state index in [0.29, 0.717) is 30.9 Å². The summed E-state index contributed by atoms with van der Waals surface area (Å²) in [5, 5.41) is 25.3. The van der Waals surface area contributed by atoms with Crippen LogP contribution < -0.4 is 15.8 Å². The molecule has 0 unspecified atom stereocenters. The number of phenolic OH excluding ortho intramolecular Hbond substituents is 1. The number of unbranched alkanes of at least 4 members (excludes halogenated alkanes) is 2. The molecule has 6 N–H and O–H groups in total. The van der Waals surface area contributed by atoms with E-state index in [9.17, 15) is 15.0 Å². The number of aromatic nitrogens is 2. The average molecular weight is 623 g/mol. The molecule has 242 valence electrons. The van der Waals surface area contributed by atoms with Crippen molar-refractivity contribution in [3.05, 3.63) is 89.0 Å². The van der Waals surface area contributed by atoms with Crippen LogP contribution in [0.15, 0.2) is 61.2 Å². The number of Topliss-reactive ketones (excluding diaryl/α,β-unsaturated/α-hetero) is 1. The van der Waals surface area contributed by atoms with E-state index in [1.54, 1.807) is 6.07 Å². The Kier molecular flexibility index (Phi) is 8.42. The van der Waals surface area contributed by atoms with Crippen molar-refractivity contribution in [2.24, 2.45) is 11.7 Å². The number of ether oxygens (including phenoxy) is 1. The first kappa shape index (κ1) is 30.6. The maximum Gasteiger partial charge on any atom is 0.165 e. The highest BCUT2D eigenvalue weighted by molar-refractivity contribution is 5.87. The molecule has 2 aromatic heterocycles. The first-order chi connectivity index (χ1) is 22.4. The molecule has 1 aliphatic heterocycles. The number of aromatic amines is 1. The number of fused-ring (bicyclic) bond motifs is 3. The summed E-state index contributed by atoms with van der Waals surface area (Å²) in [7, 11) is 0. The van der Waals surface area contributed by atoms with E-state index in [1.807, 2.05) is 16.7 Å². The standard InChI is InChI=1S/C38H46N4O4/c1-2-3-4-8-27(43)18-28(44)13-11-24-12-14-34(45)35(16-24)46-23-42-21-30-32(20-40-33(30)22-42)38-15-6-7-26(38)17-25-19-41-37(39)29-9-5-10-31(38)36(25)29/h5,9-10,12,14,16,19-22,26-27,37,40-41,43,45H,2-4,6-8,11,13,15,17-18,23,39H2,1H3/t26-,27-,37+,38+/m1/s1. The lowest BCUT2D eigenvalue weighted by Crippen LogP contribution is -2.40. The van der Waals surface area contributed by atoms with Crippen LogP contribution in [0.1, 0.15) is 105 Å². The van der Waals surface area contributed by atoms with E-state index in [-0.39, 0.29) is 36.3 Å². The molecule has 7 rings (SSSR count).